The van der Waals surface area contributed by atoms with Crippen LogP contribution in [0.4, 0.5) is 4.39 Å². The summed E-state index contributed by atoms with van der Waals surface area (Å²) in [5, 5.41) is 14.8. The highest BCUT2D eigenvalue weighted by atomic mass is 19.1. The van der Waals surface area contributed by atoms with E-state index in [4.69, 9.17) is 9.94 Å². The maximum Gasteiger partial charge on any atom is 0.335 e. The number of likely N-dealkylation sites (tertiary alicyclic amines) is 1. The number of piperidine rings is 1. The summed E-state index contributed by atoms with van der Waals surface area (Å²) in [5.74, 6) is -1.16. The molecule has 2 aliphatic heterocycles. The monoisotopic (exact) mass is 525 g/mol. The molecule has 1 aromatic heterocycles. The Morgan fingerprint density at radius 2 is 1.72 bits per heavy atom. The van der Waals surface area contributed by atoms with Crippen LogP contribution in [0.2, 0.25) is 0 Å². The molecule has 6 rings (SSSR count). The largest absolute Gasteiger partial charge is 0.478 e. The zero-order valence-electron chi connectivity index (χ0n) is 22.2. The molecule has 0 saturated carbocycles. The normalized spacial score (nSPS) is 17.1. The Hall–Kier alpha value is -3.97. The van der Waals surface area contributed by atoms with Crippen molar-refractivity contribution in [2.24, 2.45) is 5.16 Å². The number of hydrogen-bond acceptors (Lipinski definition) is 4. The summed E-state index contributed by atoms with van der Waals surface area (Å²) in [4.78, 5) is 19.7. The van der Waals surface area contributed by atoms with Gasteiger partial charge in [-0.25, -0.2) is 9.18 Å². The highest BCUT2D eigenvalue weighted by Gasteiger charge is 2.42. The van der Waals surface area contributed by atoms with Crippen LogP contribution in [-0.4, -0.2) is 44.9 Å². The lowest BCUT2D eigenvalue weighted by Crippen LogP contribution is -2.44. The van der Waals surface area contributed by atoms with Gasteiger partial charge in [0.2, 0.25) is 0 Å². The van der Waals surface area contributed by atoms with Crippen molar-refractivity contribution < 1.29 is 19.1 Å². The minimum absolute atomic E-state index is 0.230. The van der Waals surface area contributed by atoms with Crippen LogP contribution < -0.4 is 0 Å². The van der Waals surface area contributed by atoms with Crippen LogP contribution in [0.25, 0.3) is 22.0 Å². The van der Waals surface area contributed by atoms with Crippen molar-refractivity contribution in [3.05, 3.63) is 95.4 Å². The van der Waals surface area contributed by atoms with Crippen molar-refractivity contribution in [1.29, 1.82) is 0 Å². The number of rotatable bonds is 6. The van der Waals surface area contributed by atoms with Gasteiger partial charge in [-0.05, 0) is 66.4 Å². The van der Waals surface area contributed by atoms with Gasteiger partial charge in [0.05, 0.1) is 11.3 Å². The van der Waals surface area contributed by atoms with Crippen LogP contribution in [0.1, 0.15) is 60.6 Å². The first kappa shape index (κ1) is 25.3. The number of hydrogen-bond donors (Lipinski definition) is 1. The van der Waals surface area contributed by atoms with Crippen LogP contribution >= 0.6 is 0 Å². The fraction of sp³-hybridized carbons (Fsp3) is 0.312. The topological polar surface area (TPSA) is 67.1 Å². The molecular formula is C32H32FN3O3. The van der Waals surface area contributed by atoms with Gasteiger partial charge in [-0.1, -0.05) is 41.6 Å². The van der Waals surface area contributed by atoms with E-state index in [1.165, 1.54) is 28.6 Å². The summed E-state index contributed by atoms with van der Waals surface area (Å²) in [6.07, 6.45) is 4.76. The van der Waals surface area contributed by atoms with Crippen LogP contribution in [0.3, 0.4) is 0 Å². The van der Waals surface area contributed by atoms with E-state index < -0.39 is 5.97 Å². The number of nitrogens with zero attached hydrogens (tertiary/aromatic N) is 3. The van der Waals surface area contributed by atoms with E-state index >= 15 is 0 Å². The average Bonchev–Trinajstić information content (AvgIpc) is 3.53. The zero-order chi connectivity index (χ0) is 27.1. The Bertz CT molecular complexity index is 1550. The molecule has 39 heavy (non-hydrogen) atoms. The molecule has 1 fully saturated rings. The lowest BCUT2D eigenvalue weighted by atomic mass is 9.85. The van der Waals surface area contributed by atoms with E-state index in [-0.39, 0.29) is 17.0 Å². The second-order valence-corrected chi connectivity index (χ2v) is 11.0. The molecule has 1 saturated heterocycles. The molecule has 4 aromatic rings. The number of benzene rings is 3. The van der Waals surface area contributed by atoms with Crippen molar-refractivity contribution in [3.8, 4) is 11.1 Å². The average molecular weight is 526 g/mol. The lowest BCUT2D eigenvalue weighted by Gasteiger charge is -2.37. The van der Waals surface area contributed by atoms with Gasteiger partial charge in [-0.2, -0.15) is 0 Å². The van der Waals surface area contributed by atoms with Gasteiger partial charge < -0.3 is 14.5 Å². The molecule has 1 N–H and O–H groups in total. The Kier molecular flexibility index (Phi) is 6.47. The van der Waals surface area contributed by atoms with Crippen LogP contribution in [0.15, 0.2) is 78.1 Å². The summed E-state index contributed by atoms with van der Waals surface area (Å²) in [6.45, 7) is 7.02. The molecule has 6 nitrogen and oxygen atoms in total. The van der Waals surface area contributed by atoms with Gasteiger partial charge >= 0.3 is 5.97 Å². The molecule has 2 aliphatic rings. The minimum atomic E-state index is -0.934. The summed E-state index contributed by atoms with van der Waals surface area (Å²) in [6, 6.07) is 20.3. The first-order valence-corrected chi connectivity index (χ1v) is 13.5. The number of carbonyl (C=O) groups is 1. The number of fused-ring (bicyclic) bond motifs is 1. The van der Waals surface area contributed by atoms with Gasteiger partial charge in [0, 0.05) is 62.0 Å². The first-order chi connectivity index (χ1) is 18.8. The van der Waals surface area contributed by atoms with Gasteiger partial charge in [-0.3, -0.25) is 4.90 Å². The number of aromatic nitrogens is 1. The first-order valence-electron chi connectivity index (χ1n) is 13.5. The second kappa shape index (κ2) is 9.97. The number of carboxylic acid groups (broad SMARTS) is 1. The van der Waals surface area contributed by atoms with Crippen molar-refractivity contribution in [2.45, 2.75) is 51.3 Å². The zero-order valence-corrected chi connectivity index (χ0v) is 22.2. The van der Waals surface area contributed by atoms with E-state index in [0.717, 1.165) is 61.3 Å². The minimum Gasteiger partial charge on any atom is -0.478 e. The van der Waals surface area contributed by atoms with Crippen LogP contribution in [-0.2, 0) is 11.4 Å². The van der Waals surface area contributed by atoms with Gasteiger partial charge in [0.25, 0.3) is 0 Å². The van der Waals surface area contributed by atoms with Crippen LogP contribution in [0, 0.1) is 5.82 Å². The Balaban J connectivity index is 1.20. The summed E-state index contributed by atoms with van der Waals surface area (Å²) in [5.41, 5.74) is 6.37. The third kappa shape index (κ3) is 4.83. The molecule has 0 amide bonds. The van der Waals surface area contributed by atoms with E-state index in [1.54, 1.807) is 12.1 Å². The predicted molar refractivity (Wildman–Crippen MR) is 151 cm³/mol. The third-order valence-electron chi connectivity index (χ3n) is 8.11. The number of aromatic carboxylic acids is 1. The molecule has 0 radical (unpaired) electrons. The fourth-order valence-electron chi connectivity index (χ4n) is 5.92. The van der Waals surface area contributed by atoms with E-state index in [0.29, 0.717) is 6.04 Å². The van der Waals surface area contributed by atoms with Gasteiger partial charge in [0.1, 0.15) is 11.4 Å². The second-order valence-electron chi connectivity index (χ2n) is 11.0. The van der Waals surface area contributed by atoms with E-state index in [1.807, 2.05) is 24.3 Å². The van der Waals surface area contributed by atoms with Crippen molar-refractivity contribution in [1.82, 2.24) is 9.47 Å². The molecule has 0 unspecified atom stereocenters. The van der Waals surface area contributed by atoms with Crippen molar-refractivity contribution in [3.63, 3.8) is 0 Å². The molecule has 3 aromatic carbocycles. The summed E-state index contributed by atoms with van der Waals surface area (Å²) >= 11 is 0. The Labute approximate surface area is 227 Å². The smallest absolute Gasteiger partial charge is 0.335 e. The maximum absolute atomic E-state index is 13.7. The molecule has 200 valence electrons. The summed E-state index contributed by atoms with van der Waals surface area (Å²) in [7, 11) is 0. The van der Waals surface area contributed by atoms with Gasteiger partial charge in [-0.15, -0.1) is 0 Å². The third-order valence-corrected chi connectivity index (χ3v) is 8.11. The fourth-order valence-corrected chi connectivity index (χ4v) is 5.92. The Morgan fingerprint density at radius 3 is 2.38 bits per heavy atom. The molecular weight excluding hydrogens is 493 g/mol. The molecule has 7 heteroatoms. The van der Waals surface area contributed by atoms with Crippen LogP contribution in [0.5, 0.6) is 0 Å². The van der Waals surface area contributed by atoms with E-state index in [9.17, 15) is 9.18 Å². The quantitative estimate of drug-likeness (QED) is 0.298. The molecule has 0 aliphatic carbocycles. The highest BCUT2D eigenvalue weighted by molar-refractivity contribution is 6.02. The lowest BCUT2D eigenvalue weighted by molar-refractivity contribution is -0.0626. The summed E-state index contributed by atoms with van der Waals surface area (Å²) < 4.78 is 16.0. The number of halogens is 1. The molecule has 1 spiro atoms. The number of oxime groups is 1. The highest BCUT2D eigenvalue weighted by Crippen LogP contribution is 2.38. The molecule has 3 heterocycles. The maximum atomic E-state index is 13.7. The predicted octanol–water partition coefficient (Wildman–Crippen LogP) is 6.89. The molecule has 0 bridgehead atoms. The van der Waals surface area contributed by atoms with E-state index in [2.05, 4.69) is 52.9 Å². The SMILES string of the molecule is CC(C)n1cc(CN2CCC3(CC2)CC(c2ccc(C(=O)O)cc2)=NO3)c2c(-c3ccc(F)cc3)cccc21. The molecule has 0 atom stereocenters. The van der Waals surface area contributed by atoms with Crippen molar-refractivity contribution in [2.75, 3.05) is 13.1 Å². The van der Waals surface area contributed by atoms with Crippen molar-refractivity contribution >= 4 is 22.6 Å². The Morgan fingerprint density at radius 1 is 1.03 bits per heavy atom. The number of carboxylic acids is 1. The standard InChI is InChI=1S/C32H32FN3O3/c1-21(2)36-20-25(30-27(4-3-5-29(30)36)22-10-12-26(33)13-11-22)19-35-16-14-32(15-17-35)18-28(34-39-32)23-6-8-24(9-7-23)31(37)38/h3-13,20-21H,14-19H2,1-2H3,(H,37,38). The van der Waals surface area contributed by atoms with Gasteiger partial charge in [0.15, 0.2) is 0 Å².